The molecule has 1 atom stereocenters. The summed E-state index contributed by atoms with van der Waals surface area (Å²) in [6.07, 6.45) is 8.29. The van der Waals surface area contributed by atoms with Crippen LogP contribution in [-0.2, 0) is 0 Å². The standard InChI is InChI=1S/C16H26FNS/c1-3-16(14-9-8-10-15(17)13-14)18-11-6-4-5-7-12-19-2/h8-10,13,16,18H,3-7,11-12H2,1-2H3. The molecule has 1 nitrogen and oxygen atoms in total. The van der Waals surface area contributed by atoms with Crippen LogP contribution in [0.15, 0.2) is 24.3 Å². The maximum atomic E-state index is 13.2. The highest BCUT2D eigenvalue weighted by Crippen LogP contribution is 2.17. The summed E-state index contributed by atoms with van der Waals surface area (Å²) >= 11 is 1.92. The summed E-state index contributed by atoms with van der Waals surface area (Å²) in [5.41, 5.74) is 1.06. The molecule has 0 aliphatic carbocycles. The fourth-order valence-electron chi connectivity index (χ4n) is 2.22. The average molecular weight is 283 g/mol. The van der Waals surface area contributed by atoms with Gasteiger partial charge in [-0.1, -0.05) is 31.9 Å². The van der Waals surface area contributed by atoms with E-state index in [-0.39, 0.29) is 11.9 Å². The van der Waals surface area contributed by atoms with Gasteiger partial charge in [0.15, 0.2) is 0 Å². The van der Waals surface area contributed by atoms with Gasteiger partial charge in [0.25, 0.3) is 0 Å². The van der Waals surface area contributed by atoms with Crippen LogP contribution in [0.4, 0.5) is 4.39 Å². The largest absolute Gasteiger partial charge is 0.310 e. The van der Waals surface area contributed by atoms with Crippen molar-refractivity contribution >= 4 is 11.8 Å². The van der Waals surface area contributed by atoms with Crippen LogP contribution in [0.3, 0.4) is 0 Å². The Morgan fingerprint density at radius 2 is 2.00 bits per heavy atom. The van der Waals surface area contributed by atoms with Crippen molar-refractivity contribution in [2.24, 2.45) is 0 Å². The molecular weight excluding hydrogens is 257 g/mol. The van der Waals surface area contributed by atoms with E-state index in [1.165, 1.54) is 37.5 Å². The summed E-state index contributed by atoms with van der Waals surface area (Å²) < 4.78 is 13.2. The third-order valence-corrected chi connectivity index (χ3v) is 4.02. The Morgan fingerprint density at radius 3 is 2.68 bits per heavy atom. The van der Waals surface area contributed by atoms with E-state index in [4.69, 9.17) is 0 Å². The van der Waals surface area contributed by atoms with Gasteiger partial charge in [0, 0.05) is 6.04 Å². The predicted molar refractivity (Wildman–Crippen MR) is 84.3 cm³/mol. The second kappa shape index (κ2) is 10.3. The molecule has 108 valence electrons. The van der Waals surface area contributed by atoms with Crippen LogP contribution >= 0.6 is 11.8 Å². The molecule has 0 spiro atoms. The van der Waals surface area contributed by atoms with Crippen LogP contribution in [-0.4, -0.2) is 18.6 Å². The van der Waals surface area contributed by atoms with Gasteiger partial charge in [-0.2, -0.15) is 11.8 Å². The first-order valence-electron chi connectivity index (χ1n) is 7.25. The fraction of sp³-hybridized carbons (Fsp3) is 0.625. The molecule has 0 aliphatic rings. The number of hydrogen-bond acceptors (Lipinski definition) is 2. The van der Waals surface area contributed by atoms with Crippen molar-refractivity contribution in [2.45, 2.75) is 45.1 Å². The summed E-state index contributed by atoms with van der Waals surface area (Å²) in [7, 11) is 0. The normalized spacial score (nSPS) is 12.6. The average Bonchev–Trinajstić information content (AvgIpc) is 2.42. The second-order valence-corrected chi connectivity index (χ2v) is 5.86. The minimum Gasteiger partial charge on any atom is -0.310 e. The summed E-state index contributed by atoms with van der Waals surface area (Å²) in [6, 6.07) is 7.21. The zero-order chi connectivity index (χ0) is 13.9. The van der Waals surface area contributed by atoms with E-state index < -0.39 is 0 Å². The lowest BCUT2D eigenvalue weighted by Crippen LogP contribution is -2.22. The van der Waals surface area contributed by atoms with E-state index in [9.17, 15) is 4.39 Å². The Morgan fingerprint density at radius 1 is 1.21 bits per heavy atom. The minimum absolute atomic E-state index is 0.144. The minimum atomic E-state index is -0.144. The molecule has 1 rings (SSSR count). The SMILES string of the molecule is CCC(NCCCCCCSC)c1cccc(F)c1. The molecule has 0 aromatic heterocycles. The molecule has 0 saturated carbocycles. The number of thioether (sulfide) groups is 1. The van der Waals surface area contributed by atoms with E-state index in [0.717, 1.165) is 18.5 Å². The van der Waals surface area contributed by atoms with Crippen LogP contribution in [0, 0.1) is 5.82 Å². The Kier molecular flexibility index (Phi) is 8.93. The van der Waals surface area contributed by atoms with Gasteiger partial charge in [0.1, 0.15) is 5.82 Å². The van der Waals surface area contributed by atoms with Crippen molar-refractivity contribution in [3.8, 4) is 0 Å². The molecule has 0 fully saturated rings. The summed E-state index contributed by atoms with van der Waals surface area (Å²) in [6.45, 7) is 3.16. The molecular formula is C16H26FNS. The maximum absolute atomic E-state index is 13.2. The Bertz CT molecular complexity index is 343. The summed E-state index contributed by atoms with van der Waals surface area (Å²) in [4.78, 5) is 0. The number of benzene rings is 1. The number of halogens is 1. The van der Waals surface area contributed by atoms with Crippen molar-refractivity contribution in [3.05, 3.63) is 35.6 Å². The lowest BCUT2D eigenvalue weighted by Gasteiger charge is -2.17. The molecule has 0 heterocycles. The lowest BCUT2D eigenvalue weighted by atomic mass is 10.0. The first-order valence-corrected chi connectivity index (χ1v) is 8.65. The zero-order valence-electron chi connectivity index (χ0n) is 12.1. The highest BCUT2D eigenvalue weighted by molar-refractivity contribution is 7.98. The number of nitrogens with one attached hydrogen (secondary N) is 1. The Hall–Kier alpha value is -0.540. The molecule has 3 heteroatoms. The van der Waals surface area contributed by atoms with Crippen molar-refractivity contribution in [1.29, 1.82) is 0 Å². The Labute approximate surface area is 121 Å². The van der Waals surface area contributed by atoms with Gasteiger partial charge in [-0.3, -0.25) is 0 Å². The lowest BCUT2D eigenvalue weighted by molar-refractivity contribution is 0.495. The molecule has 0 radical (unpaired) electrons. The molecule has 1 unspecified atom stereocenters. The quantitative estimate of drug-likeness (QED) is 0.620. The Balaban J connectivity index is 2.22. The molecule has 19 heavy (non-hydrogen) atoms. The van der Waals surface area contributed by atoms with E-state index in [0.29, 0.717) is 0 Å². The van der Waals surface area contributed by atoms with E-state index in [1.54, 1.807) is 12.1 Å². The van der Waals surface area contributed by atoms with Crippen LogP contribution in [0.1, 0.15) is 50.6 Å². The molecule has 0 bridgehead atoms. The zero-order valence-corrected chi connectivity index (χ0v) is 12.9. The summed E-state index contributed by atoms with van der Waals surface area (Å²) in [5, 5.41) is 3.53. The number of unbranched alkanes of at least 4 members (excludes halogenated alkanes) is 3. The first-order chi connectivity index (χ1) is 9.27. The van der Waals surface area contributed by atoms with Crippen molar-refractivity contribution in [1.82, 2.24) is 5.32 Å². The first kappa shape index (κ1) is 16.5. The molecule has 1 N–H and O–H groups in total. The van der Waals surface area contributed by atoms with E-state index in [2.05, 4.69) is 18.5 Å². The number of hydrogen-bond donors (Lipinski definition) is 1. The monoisotopic (exact) mass is 283 g/mol. The topological polar surface area (TPSA) is 12.0 Å². The molecule has 0 amide bonds. The summed E-state index contributed by atoms with van der Waals surface area (Å²) in [5.74, 6) is 1.13. The van der Waals surface area contributed by atoms with Gasteiger partial charge in [-0.05, 0) is 55.5 Å². The smallest absolute Gasteiger partial charge is 0.123 e. The molecule has 1 aromatic rings. The van der Waals surface area contributed by atoms with Crippen LogP contribution < -0.4 is 5.32 Å². The highest BCUT2D eigenvalue weighted by atomic mass is 32.2. The van der Waals surface area contributed by atoms with E-state index in [1.807, 2.05) is 17.8 Å². The predicted octanol–water partition coefficient (Wildman–Crippen LogP) is 4.79. The number of rotatable bonds is 10. The fourth-order valence-corrected chi connectivity index (χ4v) is 2.72. The third kappa shape index (κ3) is 6.98. The van der Waals surface area contributed by atoms with Gasteiger partial charge < -0.3 is 5.32 Å². The van der Waals surface area contributed by atoms with Gasteiger partial charge >= 0.3 is 0 Å². The van der Waals surface area contributed by atoms with Crippen molar-refractivity contribution in [2.75, 3.05) is 18.6 Å². The maximum Gasteiger partial charge on any atom is 0.123 e. The van der Waals surface area contributed by atoms with Crippen molar-refractivity contribution in [3.63, 3.8) is 0 Å². The second-order valence-electron chi connectivity index (χ2n) is 4.88. The molecule has 1 aromatic carbocycles. The third-order valence-electron chi connectivity index (χ3n) is 3.33. The van der Waals surface area contributed by atoms with Gasteiger partial charge in [0.05, 0.1) is 0 Å². The van der Waals surface area contributed by atoms with Crippen LogP contribution in [0.2, 0.25) is 0 Å². The van der Waals surface area contributed by atoms with E-state index >= 15 is 0 Å². The van der Waals surface area contributed by atoms with Crippen LogP contribution in [0.25, 0.3) is 0 Å². The van der Waals surface area contributed by atoms with Gasteiger partial charge in [-0.15, -0.1) is 0 Å². The molecule has 0 aliphatic heterocycles. The molecule has 0 saturated heterocycles. The van der Waals surface area contributed by atoms with Crippen molar-refractivity contribution < 1.29 is 4.39 Å². The van der Waals surface area contributed by atoms with Crippen LogP contribution in [0.5, 0.6) is 0 Å². The van der Waals surface area contributed by atoms with Gasteiger partial charge in [0.2, 0.25) is 0 Å². The highest BCUT2D eigenvalue weighted by Gasteiger charge is 2.08. The van der Waals surface area contributed by atoms with Gasteiger partial charge in [-0.25, -0.2) is 4.39 Å².